The van der Waals surface area contributed by atoms with Crippen LogP contribution in [0, 0.1) is 6.92 Å². The van der Waals surface area contributed by atoms with Crippen molar-refractivity contribution in [3.05, 3.63) is 52.7 Å². The highest BCUT2D eigenvalue weighted by Crippen LogP contribution is 2.23. The van der Waals surface area contributed by atoms with Gasteiger partial charge in [0.05, 0.1) is 16.4 Å². The SMILES string of the molecule is Cc1nc(CSc2ccc(-c3cccnc3)nn2)cs1. The highest BCUT2D eigenvalue weighted by molar-refractivity contribution is 7.98. The molecule has 100 valence electrons. The van der Waals surface area contributed by atoms with E-state index in [0.717, 1.165) is 32.7 Å². The molecule has 3 heterocycles. The molecule has 3 rings (SSSR count). The second-order valence-corrected chi connectivity index (χ2v) is 6.20. The molecule has 0 radical (unpaired) electrons. The Labute approximate surface area is 125 Å². The number of aromatic nitrogens is 4. The van der Waals surface area contributed by atoms with Gasteiger partial charge in [-0.05, 0) is 31.2 Å². The van der Waals surface area contributed by atoms with E-state index in [-0.39, 0.29) is 0 Å². The van der Waals surface area contributed by atoms with Crippen LogP contribution in [0.4, 0.5) is 0 Å². The Morgan fingerprint density at radius 3 is 2.80 bits per heavy atom. The van der Waals surface area contributed by atoms with Crippen molar-refractivity contribution >= 4 is 23.1 Å². The molecule has 0 aliphatic carbocycles. The molecule has 0 atom stereocenters. The van der Waals surface area contributed by atoms with Gasteiger partial charge in [-0.25, -0.2) is 4.98 Å². The molecule has 0 spiro atoms. The van der Waals surface area contributed by atoms with Gasteiger partial charge < -0.3 is 0 Å². The Morgan fingerprint density at radius 1 is 1.20 bits per heavy atom. The molecule has 0 aromatic carbocycles. The molecular formula is C14H12N4S2. The maximum Gasteiger partial charge on any atom is 0.119 e. The standard InChI is InChI=1S/C14H12N4S2/c1-10-16-12(8-19-10)9-20-14-5-4-13(17-18-14)11-3-2-6-15-7-11/h2-8H,9H2,1H3. The summed E-state index contributed by atoms with van der Waals surface area (Å²) in [5.74, 6) is 0.825. The number of rotatable bonds is 4. The maximum atomic E-state index is 4.43. The molecule has 3 aromatic heterocycles. The van der Waals surface area contributed by atoms with Crippen LogP contribution >= 0.6 is 23.1 Å². The van der Waals surface area contributed by atoms with Crippen molar-refractivity contribution in [3.8, 4) is 11.3 Å². The van der Waals surface area contributed by atoms with E-state index >= 15 is 0 Å². The van der Waals surface area contributed by atoms with Crippen molar-refractivity contribution in [1.82, 2.24) is 20.2 Å². The van der Waals surface area contributed by atoms with Crippen LogP contribution in [0.1, 0.15) is 10.7 Å². The van der Waals surface area contributed by atoms with Gasteiger partial charge in [-0.15, -0.1) is 21.5 Å². The van der Waals surface area contributed by atoms with Crippen LogP contribution < -0.4 is 0 Å². The predicted molar refractivity (Wildman–Crippen MR) is 81.7 cm³/mol. The first kappa shape index (κ1) is 13.2. The zero-order chi connectivity index (χ0) is 13.8. The van der Waals surface area contributed by atoms with Crippen LogP contribution in [0.5, 0.6) is 0 Å². The molecule has 0 saturated heterocycles. The number of thiazole rings is 1. The Hall–Kier alpha value is -1.79. The molecule has 20 heavy (non-hydrogen) atoms. The minimum atomic E-state index is 0.825. The van der Waals surface area contributed by atoms with E-state index in [0.29, 0.717) is 0 Å². The van der Waals surface area contributed by atoms with E-state index < -0.39 is 0 Å². The second-order valence-electron chi connectivity index (χ2n) is 4.15. The third-order valence-electron chi connectivity index (χ3n) is 2.63. The highest BCUT2D eigenvalue weighted by atomic mass is 32.2. The molecule has 6 heteroatoms. The first-order valence-corrected chi connectivity index (χ1v) is 7.96. The van der Waals surface area contributed by atoms with Gasteiger partial charge in [-0.2, -0.15) is 0 Å². The molecular weight excluding hydrogens is 288 g/mol. The zero-order valence-electron chi connectivity index (χ0n) is 10.9. The van der Waals surface area contributed by atoms with Gasteiger partial charge in [0.15, 0.2) is 0 Å². The largest absolute Gasteiger partial charge is 0.264 e. The van der Waals surface area contributed by atoms with Gasteiger partial charge in [-0.3, -0.25) is 4.98 Å². The summed E-state index contributed by atoms with van der Waals surface area (Å²) in [7, 11) is 0. The lowest BCUT2D eigenvalue weighted by atomic mass is 10.2. The minimum absolute atomic E-state index is 0.825. The second kappa shape index (κ2) is 6.11. The van der Waals surface area contributed by atoms with Crippen molar-refractivity contribution in [3.63, 3.8) is 0 Å². The van der Waals surface area contributed by atoms with Crippen molar-refractivity contribution < 1.29 is 0 Å². The fourth-order valence-electron chi connectivity index (χ4n) is 1.69. The van der Waals surface area contributed by atoms with E-state index in [1.165, 1.54) is 0 Å². The summed E-state index contributed by atoms with van der Waals surface area (Å²) in [6.07, 6.45) is 3.53. The van der Waals surface area contributed by atoms with E-state index in [2.05, 4.69) is 25.5 Å². The smallest absolute Gasteiger partial charge is 0.119 e. The van der Waals surface area contributed by atoms with Crippen molar-refractivity contribution in [2.24, 2.45) is 0 Å². The molecule has 0 N–H and O–H groups in total. The number of pyridine rings is 1. The summed E-state index contributed by atoms with van der Waals surface area (Å²) < 4.78 is 0. The lowest BCUT2D eigenvalue weighted by Gasteiger charge is -2.01. The molecule has 0 saturated carbocycles. The Morgan fingerprint density at radius 2 is 2.15 bits per heavy atom. The van der Waals surface area contributed by atoms with Gasteiger partial charge >= 0.3 is 0 Å². The monoisotopic (exact) mass is 300 g/mol. The minimum Gasteiger partial charge on any atom is -0.264 e. The predicted octanol–water partition coefficient (Wildman–Crippen LogP) is 3.60. The van der Waals surface area contributed by atoms with E-state index in [1.807, 2.05) is 31.2 Å². The molecule has 0 aliphatic heterocycles. The fraction of sp³-hybridized carbons (Fsp3) is 0.143. The summed E-state index contributed by atoms with van der Waals surface area (Å²) in [5.41, 5.74) is 2.91. The molecule has 3 aromatic rings. The topological polar surface area (TPSA) is 51.6 Å². The number of nitrogens with zero attached hydrogens (tertiary/aromatic N) is 4. The van der Waals surface area contributed by atoms with Crippen LogP contribution in [0.2, 0.25) is 0 Å². The van der Waals surface area contributed by atoms with Gasteiger partial charge in [0.25, 0.3) is 0 Å². The Bertz CT molecular complexity index is 680. The summed E-state index contributed by atoms with van der Waals surface area (Å²) >= 11 is 3.32. The lowest BCUT2D eigenvalue weighted by molar-refractivity contribution is 0.934. The van der Waals surface area contributed by atoms with E-state index in [9.17, 15) is 0 Å². The average Bonchev–Trinajstić information content (AvgIpc) is 2.92. The summed E-state index contributed by atoms with van der Waals surface area (Å²) in [6, 6.07) is 7.82. The summed E-state index contributed by atoms with van der Waals surface area (Å²) in [6.45, 7) is 2.02. The van der Waals surface area contributed by atoms with Crippen LogP contribution in [0.3, 0.4) is 0 Å². The van der Waals surface area contributed by atoms with Crippen LogP contribution in [0.15, 0.2) is 47.1 Å². The number of aryl methyl sites for hydroxylation is 1. The molecule has 0 fully saturated rings. The first-order valence-electron chi connectivity index (χ1n) is 6.09. The Kier molecular flexibility index (Phi) is 4.03. The molecule has 0 unspecified atom stereocenters. The normalized spacial score (nSPS) is 10.7. The Balaban J connectivity index is 1.67. The zero-order valence-corrected chi connectivity index (χ0v) is 12.5. The quantitative estimate of drug-likeness (QED) is 0.689. The fourth-order valence-corrected chi connectivity index (χ4v) is 3.11. The van der Waals surface area contributed by atoms with Crippen molar-refractivity contribution in [1.29, 1.82) is 0 Å². The van der Waals surface area contributed by atoms with Gasteiger partial charge in [0, 0.05) is 29.1 Å². The van der Waals surface area contributed by atoms with Crippen molar-refractivity contribution in [2.45, 2.75) is 17.7 Å². The van der Waals surface area contributed by atoms with Gasteiger partial charge in [-0.1, -0.05) is 11.8 Å². The van der Waals surface area contributed by atoms with Crippen molar-refractivity contribution in [2.75, 3.05) is 0 Å². The first-order chi connectivity index (χ1) is 9.81. The highest BCUT2D eigenvalue weighted by Gasteiger charge is 2.03. The molecule has 4 nitrogen and oxygen atoms in total. The number of hydrogen-bond acceptors (Lipinski definition) is 6. The van der Waals surface area contributed by atoms with Crippen LogP contribution in [-0.2, 0) is 5.75 Å². The molecule has 0 aliphatic rings. The van der Waals surface area contributed by atoms with Gasteiger partial charge in [0.2, 0.25) is 0 Å². The number of thioether (sulfide) groups is 1. The molecule has 0 amide bonds. The number of hydrogen-bond donors (Lipinski definition) is 0. The van der Waals surface area contributed by atoms with E-state index in [4.69, 9.17) is 0 Å². The summed E-state index contributed by atoms with van der Waals surface area (Å²) in [4.78, 5) is 8.51. The summed E-state index contributed by atoms with van der Waals surface area (Å²) in [5, 5.41) is 12.6. The third-order valence-corrected chi connectivity index (χ3v) is 4.41. The third kappa shape index (κ3) is 3.20. The van der Waals surface area contributed by atoms with Crippen LogP contribution in [-0.4, -0.2) is 20.2 Å². The average molecular weight is 300 g/mol. The maximum absolute atomic E-state index is 4.43. The lowest BCUT2D eigenvalue weighted by Crippen LogP contribution is -1.90. The van der Waals surface area contributed by atoms with Gasteiger partial charge in [0.1, 0.15) is 5.03 Å². The molecule has 0 bridgehead atoms. The van der Waals surface area contributed by atoms with E-state index in [1.54, 1.807) is 35.5 Å². The van der Waals surface area contributed by atoms with Crippen LogP contribution in [0.25, 0.3) is 11.3 Å².